The Balaban J connectivity index is 1.43. The van der Waals surface area contributed by atoms with Gasteiger partial charge in [0.15, 0.2) is 0 Å². The lowest BCUT2D eigenvalue weighted by Crippen LogP contribution is -1.98. The second kappa shape index (κ2) is 7.23. The number of rotatable bonds is 1. The van der Waals surface area contributed by atoms with Crippen LogP contribution in [0.4, 0.5) is 0 Å². The van der Waals surface area contributed by atoms with Gasteiger partial charge >= 0.3 is 0 Å². The van der Waals surface area contributed by atoms with Crippen LogP contribution >= 0.6 is 0 Å². The van der Waals surface area contributed by atoms with Crippen LogP contribution in [0.3, 0.4) is 0 Å². The van der Waals surface area contributed by atoms with E-state index in [4.69, 9.17) is 4.99 Å². The third kappa shape index (κ3) is 3.21. The van der Waals surface area contributed by atoms with Crippen molar-refractivity contribution in [3.05, 3.63) is 114 Å². The average molecular weight is 455 g/mol. The quantitative estimate of drug-likeness (QED) is 0.638. The van der Waals surface area contributed by atoms with Crippen LogP contribution in [0.5, 0.6) is 11.8 Å². The summed E-state index contributed by atoms with van der Waals surface area (Å²) >= 11 is 0. The second-order valence-electron chi connectivity index (χ2n) is 8.44. The van der Waals surface area contributed by atoms with Crippen molar-refractivity contribution in [1.29, 1.82) is 0 Å². The number of hydrogen-bond acceptors (Lipinski definition) is 6. The van der Waals surface area contributed by atoms with Gasteiger partial charge in [-0.15, -0.1) is 0 Å². The normalized spacial score (nSPS) is 19.7. The maximum Gasteiger partial charge on any atom is 0.206 e. The Kier molecular flexibility index (Phi) is 4.01. The molecule has 7 heteroatoms. The number of nitrogens with zero attached hydrogens (tertiary/aromatic N) is 5. The van der Waals surface area contributed by atoms with Gasteiger partial charge in [-0.2, -0.15) is 0 Å². The maximum atomic E-state index is 11.0. The predicted octanol–water partition coefficient (Wildman–Crippen LogP) is 4.93. The predicted molar refractivity (Wildman–Crippen MR) is 139 cm³/mol. The van der Waals surface area contributed by atoms with Crippen molar-refractivity contribution in [3.8, 4) is 11.8 Å². The molecule has 0 aliphatic carbocycles. The van der Waals surface area contributed by atoms with Crippen molar-refractivity contribution in [1.82, 2.24) is 4.57 Å². The summed E-state index contributed by atoms with van der Waals surface area (Å²) in [4.78, 5) is 18.8. The number of allylic oxidation sites excluding steroid dienone is 12. The van der Waals surface area contributed by atoms with Gasteiger partial charge in [0, 0.05) is 10.8 Å². The number of hydrogen-bond donors (Lipinski definition) is 2. The van der Waals surface area contributed by atoms with Gasteiger partial charge in [0.05, 0.1) is 51.3 Å². The highest BCUT2D eigenvalue weighted by Gasteiger charge is 2.25. The van der Waals surface area contributed by atoms with Gasteiger partial charge in [-0.3, -0.25) is 0 Å². The first-order valence-corrected chi connectivity index (χ1v) is 11.1. The number of aromatic hydroxyl groups is 2. The SMILES string of the molecule is Oc1c2ccccc2c(O)n1C1=CC2=NC1=CC1=NC(=CC3=NC(=CC4=NC(=C2)C=C4)C=C3)C=C1. The van der Waals surface area contributed by atoms with Crippen LogP contribution in [0.2, 0.25) is 0 Å². The van der Waals surface area contributed by atoms with E-state index in [0.29, 0.717) is 33.6 Å². The Hall–Kier alpha value is -5.04. The Bertz CT molecular complexity index is 1700. The fraction of sp³-hybridized carbons (Fsp3) is 0. The molecule has 166 valence electrons. The molecular weight excluding hydrogens is 438 g/mol. The zero-order valence-corrected chi connectivity index (χ0v) is 18.3. The minimum Gasteiger partial charge on any atom is -0.494 e. The highest BCUT2D eigenvalue weighted by molar-refractivity contribution is 6.18. The van der Waals surface area contributed by atoms with E-state index in [1.165, 1.54) is 4.57 Å². The van der Waals surface area contributed by atoms with Crippen molar-refractivity contribution in [2.75, 3.05) is 0 Å². The van der Waals surface area contributed by atoms with Crippen LogP contribution in [0.1, 0.15) is 0 Å². The van der Waals surface area contributed by atoms with E-state index in [9.17, 15) is 10.2 Å². The molecule has 1 aromatic heterocycles. The van der Waals surface area contributed by atoms with Crippen LogP contribution in [-0.4, -0.2) is 37.6 Å². The van der Waals surface area contributed by atoms with Gasteiger partial charge in [-0.1, -0.05) is 12.1 Å². The van der Waals surface area contributed by atoms with Crippen LogP contribution in [0, 0.1) is 0 Å². The monoisotopic (exact) mass is 455 g/mol. The standard InChI is InChI=1S/C28H17N5O2/c34-27-23-3-1-2-4-24(23)28(35)33(27)26-15-22-13-20-8-7-18(30-20)11-16-5-6-17(29-16)12-19-9-10-21(31-19)14-25(26)32-22/h1-15,34-35H. The summed E-state index contributed by atoms with van der Waals surface area (Å²) in [6, 6.07) is 7.18. The fourth-order valence-electron chi connectivity index (χ4n) is 4.50. The van der Waals surface area contributed by atoms with E-state index >= 15 is 0 Å². The van der Waals surface area contributed by atoms with Gasteiger partial charge in [-0.25, -0.2) is 24.5 Å². The fourth-order valence-corrected chi connectivity index (χ4v) is 4.50. The molecule has 35 heavy (non-hydrogen) atoms. The summed E-state index contributed by atoms with van der Waals surface area (Å²) in [5.41, 5.74) is 6.42. The Morgan fingerprint density at radius 2 is 1.00 bits per heavy atom. The highest BCUT2D eigenvalue weighted by atomic mass is 16.3. The maximum absolute atomic E-state index is 11.0. The third-order valence-corrected chi connectivity index (χ3v) is 6.09. The molecule has 7 nitrogen and oxygen atoms in total. The first kappa shape index (κ1) is 19.4. The van der Waals surface area contributed by atoms with Gasteiger partial charge in [-0.05, 0) is 79.0 Å². The van der Waals surface area contributed by atoms with Gasteiger partial charge in [0.25, 0.3) is 0 Å². The molecule has 2 aromatic rings. The molecule has 7 rings (SSSR count). The molecule has 0 atom stereocenters. The molecule has 5 aliphatic rings. The topological polar surface area (TPSA) is 94.8 Å². The minimum atomic E-state index is -0.0525. The zero-order chi connectivity index (χ0) is 23.5. The number of fused-ring (bicyclic) bond motifs is 5. The van der Waals surface area contributed by atoms with Crippen molar-refractivity contribution < 1.29 is 10.2 Å². The van der Waals surface area contributed by atoms with E-state index in [1.807, 2.05) is 79.0 Å². The van der Waals surface area contributed by atoms with Crippen LogP contribution in [0.15, 0.2) is 134 Å². The number of aliphatic imine (C=N–C) groups is 4. The molecule has 0 radical (unpaired) electrons. The smallest absolute Gasteiger partial charge is 0.206 e. The molecule has 5 aliphatic heterocycles. The van der Waals surface area contributed by atoms with Crippen LogP contribution < -0.4 is 0 Å². The van der Waals surface area contributed by atoms with Crippen LogP contribution in [-0.2, 0) is 0 Å². The molecule has 0 unspecified atom stereocenters. The number of aromatic nitrogens is 1. The molecule has 1 aromatic carbocycles. The average Bonchev–Trinajstić information content (AvgIpc) is 3.67. The molecule has 0 saturated heterocycles. The summed E-state index contributed by atoms with van der Waals surface area (Å²) in [5.74, 6) is -0.105. The molecule has 0 saturated carbocycles. The Morgan fingerprint density at radius 3 is 1.54 bits per heavy atom. The molecular formula is C28H17N5O2. The summed E-state index contributed by atoms with van der Waals surface area (Å²) in [6.45, 7) is 0. The molecule has 6 heterocycles. The van der Waals surface area contributed by atoms with Gasteiger partial charge in [0.1, 0.15) is 0 Å². The second-order valence-corrected chi connectivity index (χ2v) is 8.44. The van der Waals surface area contributed by atoms with Crippen molar-refractivity contribution in [2.45, 2.75) is 0 Å². The summed E-state index contributed by atoms with van der Waals surface area (Å²) in [7, 11) is 0. The van der Waals surface area contributed by atoms with Gasteiger partial charge < -0.3 is 10.2 Å². The molecule has 0 amide bonds. The van der Waals surface area contributed by atoms with E-state index < -0.39 is 0 Å². The molecule has 8 bridgehead atoms. The molecule has 2 N–H and O–H groups in total. The lowest BCUT2D eigenvalue weighted by molar-refractivity contribution is 0.409. The van der Waals surface area contributed by atoms with Gasteiger partial charge in [0.2, 0.25) is 11.8 Å². The van der Waals surface area contributed by atoms with Crippen molar-refractivity contribution >= 4 is 39.3 Å². The minimum absolute atomic E-state index is 0.0525. The van der Waals surface area contributed by atoms with Crippen LogP contribution in [0.25, 0.3) is 16.5 Å². The summed E-state index contributed by atoms with van der Waals surface area (Å²) in [5, 5.41) is 23.1. The Morgan fingerprint density at radius 1 is 0.514 bits per heavy atom. The lowest BCUT2D eigenvalue weighted by Gasteiger charge is -2.09. The third-order valence-electron chi connectivity index (χ3n) is 6.09. The van der Waals surface area contributed by atoms with E-state index in [-0.39, 0.29) is 11.8 Å². The van der Waals surface area contributed by atoms with E-state index in [2.05, 4.69) is 15.0 Å². The van der Waals surface area contributed by atoms with E-state index in [0.717, 1.165) is 28.5 Å². The number of benzene rings is 1. The summed E-state index contributed by atoms with van der Waals surface area (Å²) in [6.07, 6.45) is 20.9. The lowest BCUT2D eigenvalue weighted by atomic mass is 10.2. The zero-order valence-electron chi connectivity index (χ0n) is 18.3. The summed E-state index contributed by atoms with van der Waals surface area (Å²) < 4.78 is 1.41. The first-order chi connectivity index (χ1) is 17.1. The first-order valence-electron chi connectivity index (χ1n) is 11.1. The van der Waals surface area contributed by atoms with E-state index in [1.54, 1.807) is 12.1 Å². The molecule has 0 spiro atoms. The Labute approximate surface area is 199 Å². The van der Waals surface area contributed by atoms with Crippen molar-refractivity contribution in [3.63, 3.8) is 0 Å². The molecule has 0 fully saturated rings. The highest BCUT2D eigenvalue weighted by Crippen LogP contribution is 2.42. The van der Waals surface area contributed by atoms with Crippen molar-refractivity contribution in [2.24, 2.45) is 20.0 Å². The largest absolute Gasteiger partial charge is 0.494 e.